The number of imidazole rings is 1. The molecule has 134 valence electrons. The smallest absolute Gasteiger partial charge is 0.313 e. The first-order valence-electron chi connectivity index (χ1n) is 8.92. The third-order valence-corrected chi connectivity index (χ3v) is 5.84. The molecular weight excluding hydrogens is 358 g/mol. The van der Waals surface area contributed by atoms with Gasteiger partial charge in [-0.2, -0.15) is 0 Å². The van der Waals surface area contributed by atoms with Gasteiger partial charge in [-0.1, -0.05) is 42.1 Å². The van der Waals surface area contributed by atoms with E-state index in [2.05, 4.69) is 40.3 Å². The molecule has 27 heavy (non-hydrogen) atoms. The molecule has 1 fully saturated rings. The molecule has 5 nitrogen and oxygen atoms in total. The maximum atomic E-state index is 11.1. The summed E-state index contributed by atoms with van der Waals surface area (Å²) in [6.45, 7) is 0. The fourth-order valence-corrected chi connectivity index (χ4v) is 4.33. The number of hydrogen-bond donors (Lipinski definition) is 1. The maximum Gasteiger partial charge on any atom is 0.313 e. The van der Waals surface area contributed by atoms with Crippen molar-refractivity contribution in [1.82, 2.24) is 14.5 Å². The van der Waals surface area contributed by atoms with Crippen LogP contribution in [0.4, 0.5) is 0 Å². The van der Waals surface area contributed by atoms with Crippen LogP contribution >= 0.6 is 11.8 Å². The number of aliphatic carboxylic acids is 1. The van der Waals surface area contributed by atoms with Crippen LogP contribution in [0.25, 0.3) is 27.6 Å². The second-order valence-corrected chi connectivity index (χ2v) is 7.69. The van der Waals surface area contributed by atoms with Gasteiger partial charge in [-0.15, -0.1) is 0 Å². The molecule has 6 heteroatoms. The first-order valence-corrected chi connectivity index (χ1v) is 9.91. The molecule has 2 heterocycles. The van der Waals surface area contributed by atoms with Gasteiger partial charge in [-0.05, 0) is 47.9 Å². The molecule has 0 atom stereocenters. The Bertz CT molecular complexity index is 1180. The van der Waals surface area contributed by atoms with Crippen molar-refractivity contribution in [2.24, 2.45) is 0 Å². The molecular formula is C21H17N3O2S. The summed E-state index contributed by atoms with van der Waals surface area (Å²) in [7, 11) is 0. The van der Waals surface area contributed by atoms with E-state index in [1.165, 1.54) is 35.6 Å². The highest BCUT2D eigenvalue weighted by Gasteiger charge is 2.26. The molecule has 0 radical (unpaired) electrons. The Morgan fingerprint density at radius 3 is 2.70 bits per heavy atom. The van der Waals surface area contributed by atoms with Gasteiger partial charge >= 0.3 is 5.97 Å². The Morgan fingerprint density at radius 1 is 1.11 bits per heavy atom. The predicted molar refractivity (Wildman–Crippen MR) is 107 cm³/mol. The molecule has 1 aliphatic rings. The van der Waals surface area contributed by atoms with Gasteiger partial charge in [0.05, 0.1) is 17.0 Å². The maximum absolute atomic E-state index is 11.1. The highest BCUT2D eigenvalue weighted by molar-refractivity contribution is 7.99. The van der Waals surface area contributed by atoms with E-state index in [9.17, 15) is 4.79 Å². The molecule has 1 N–H and O–H groups in total. The number of rotatable bonds is 5. The Hall–Kier alpha value is -2.86. The lowest BCUT2D eigenvalue weighted by atomic mass is 9.99. The van der Waals surface area contributed by atoms with Crippen LogP contribution in [0.3, 0.4) is 0 Å². The molecule has 2 aromatic heterocycles. The number of nitrogens with zero attached hydrogens (tertiary/aromatic N) is 3. The summed E-state index contributed by atoms with van der Waals surface area (Å²) >= 11 is 1.22. The number of hydrogen-bond acceptors (Lipinski definition) is 4. The zero-order valence-corrected chi connectivity index (χ0v) is 15.3. The summed E-state index contributed by atoms with van der Waals surface area (Å²) in [5.74, 6) is -0.243. The van der Waals surface area contributed by atoms with Gasteiger partial charge in [-0.25, -0.2) is 9.97 Å². The van der Waals surface area contributed by atoms with Crippen LogP contribution < -0.4 is 0 Å². The second-order valence-electron chi connectivity index (χ2n) is 6.75. The number of aromatic nitrogens is 3. The number of carboxylic acid groups (broad SMARTS) is 1. The van der Waals surface area contributed by atoms with Crippen molar-refractivity contribution in [2.45, 2.75) is 23.9 Å². The molecule has 4 aromatic rings. The molecule has 0 bridgehead atoms. The molecule has 0 amide bonds. The monoisotopic (exact) mass is 375 g/mol. The zero-order chi connectivity index (χ0) is 18.4. The van der Waals surface area contributed by atoms with Crippen LogP contribution in [0.15, 0.2) is 59.9 Å². The van der Waals surface area contributed by atoms with E-state index in [-0.39, 0.29) is 5.75 Å². The number of carboxylic acids is 1. The first kappa shape index (κ1) is 16.3. The number of fused-ring (bicyclic) bond motifs is 2. The van der Waals surface area contributed by atoms with Crippen molar-refractivity contribution in [3.05, 3.63) is 60.3 Å². The van der Waals surface area contributed by atoms with Crippen LogP contribution in [-0.2, 0) is 4.79 Å². The van der Waals surface area contributed by atoms with Gasteiger partial charge in [0.25, 0.3) is 0 Å². The zero-order valence-electron chi connectivity index (χ0n) is 14.5. The van der Waals surface area contributed by atoms with E-state index in [0.29, 0.717) is 16.7 Å². The summed E-state index contributed by atoms with van der Waals surface area (Å²) < 4.78 is 2.04. The van der Waals surface area contributed by atoms with Gasteiger partial charge in [0, 0.05) is 11.6 Å². The fourth-order valence-electron chi connectivity index (χ4n) is 3.60. The van der Waals surface area contributed by atoms with Crippen LogP contribution in [0.2, 0.25) is 0 Å². The van der Waals surface area contributed by atoms with E-state index in [0.717, 1.165) is 16.6 Å². The van der Waals surface area contributed by atoms with Gasteiger partial charge in [0.1, 0.15) is 0 Å². The summed E-state index contributed by atoms with van der Waals surface area (Å²) in [4.78, 5) is 20.0. The van der Waals surface area contributed by atoms with E-state index in [4.69, 9.17) is 5.11 Å². The molecule has 0 aliphatic heterocycles. The molecule has 1 aliphatic carbocycles. The van der Waals surface area contributed by atoms with E-state index < -0.39 is 5.97 Å². The van der Waals surface area contributed by atoms with Crippen molar-refractivity contribution < 1.29 is 9.90 Å². The van der Waals surface area contributed by atoms with Crippen molar-refractivity contribution in [3.63, 3.8) is 0 Å². The minimum absolute atomic E-state index is 0.0403. The first-order chi connectivity index (χ1) is 13.2. The van der Waals surface area contributed by atoms with Gasteiger partial charge in [0.2, 0.25) is 0 Å². The number of carbonyl (C=O) groups is 1. The van der Waals surface area contributed by atoms with Gasteiger partial charge < -0.3 is 5.11 Å². The minimum atomic E-state index is -0.861. The van der Waals surface area contributed by atoms with Crippen LogP contribution in [-0.4, -0.2) is 31.4 Å². The third-order valence-electron chi connectivity index (χ3n) is 4.92. The van der Waals surface area contributed by atoms with Gasteiger partial charge in [0.15, 0.2) is 10.8 Å². The third kappa shape index (κ3) is 2.86. The van der Waals surface area contributed by atoms with Crippen LogP contribution in [0.1, 0.15) is 24.3 Å². The quantitative estimate of drug-likeness (QED) is 0.515. The highest BCUT2D eigenvalue weighted by atomic mass is 32.2. The molecule has 0 spiro atoms. The lowest BCUT2D eigenvalue weighted by molar-refractivity contribution is -0.133. The van der Waals surface area contributed by atoms with Crippen molar-refractivity contribution in [3.8, 4) is 5.69 Å². The summed E-state index contributed by atoms with van der Waals surface area (Å²) in [6, 6.07) is 16.6. The lowest BCUT2D eigenvalue weighted by Crippen LogP contribution is -2.02. The largest absolute Gasteiger partial charge is 0.481 e. The van der Waals surface area contributed by atoms with Crippen LogP contribution in [0.5, 0.6) is 0 Å². The summed E-state index contributed by atoms with van der Waals surface area (Å²) in [5.41, 5.74) is 3.92. The number of benzene rings is 2. The lowest BCUT2D eigenvalue weighted by Gasteiger charge is -2.14. The molecule has 5 rings (SSSR count). The molecule has 1 saturated carbocycles. The molecule has 0 unspecified atom stereocenters. The summed E-state index contributed by atoms with van der Waals surface area (Å²) in [6.07, 6.45) is 4.21. The van der Waals surface area contributed by atoms with Crippen molar-refractivity contribution in [2.75, 3.05) is 5.75 Å². The topological polar surface area (TPSA) is 68.0 Å². The van der Waals surface area contributed by atoms with Crippen molar-refractivity contribution in [1.29, 1.82) is 0 Å². The molecule has 0 saturated heterocycles. The number of pyridine rings is 1. The van der Waals surface area contributed by atoms with E-state index in [1.807, 2.05) is 22.8 Å². The Labute approximate surface area is 160 Å². The second kappa shape index (κ2) is 6.39. The minimum Gasteiger partial charge on any atom is -0.481 e. The highest BCUT2D eigenvalue weighted by Crippen LogP contribution is 2.44. The average molecular weight is 375 g/mol. The van der Waals surface area contributed by atoms with Gasteiger partial charge in [-0.3, -0.25) is 9.36 Å². The predicted octanol–water partition coefficient (Wildman–Crippen LogP) is 4.63. The molecule has 2 aromatic carbocycles. The van der Waals surface area contributed by atoms with E-state index >= 15 is 0 Å². The van der Waals surface area contributed by atoms with E-state index in [1.54, 1.807) is 6.20 Å². The standard InChI is InChI=1S/C21H17N3O2S/c25-19(26)12-27-21-23-20-18(6-3-11-22-20)24(21)17-10-9-14(13-7-8-13)15-4-1-2-5-16(15)17/h1-6,9-11,13H,7-8,12H2,(H,25,26). The fraction of sp³-hybridized carbons (Fsp3) is 0.190. The SMILES string of the molecule is O=C(O)CSc1nc2ncccc2n1-c1ccc(C2CC2)c2ccccc12. The Kier molecular flexibility index (Phi) is 3.86. The Balaban J connectivity index is 1.77. The van der Waals surface area contributed by atoms with Crippen LogP contribution in [0, 0.1) is 0 Å². The average Bonchev–Trinajstić information content (AvgIpc) is 3.46. The Morgan fingerprint density at radius 2 is 1.93 bits per heavy atom. The van der Waals surface area contributed by atoms with Crippen molar-refractivity contribution >= 4 is 39.7 Å². The summed E-state index contributed by atoms with van der Waals surface area (Å²) in [5, 5.41) is 12.2. The normalized spacial score (nSPS) is 14.1. The number of thioether (sulfide) groups is 1.